The number of carboxylic acid groups (broad SMARTS) is 1. The van der Waals surface area contributed by atoms with Crippen LogP contribution in [0.1, 0.15) is 47.8 Å². The summed E-state index contributed by atoms with van der Waals surface area (Å²) in [6.07, 6.45) is 3.12. The van der Waals surface area contributed by atoms with Gasteiger partial charge >= 0.3 is 5.97 Å². The summed E-state index contributed by atoms with van der Waals surface area (Å²) in [7, 11) is 0. The number of thioether (sulfide) groups is 1. The largest absolute Gasteiger partial charge is 0.481 e. The molecule has 0 fully saturated rings. The Balaban J connectivity index is 2.02. The van der Waals surface area contributed by atoms with Crippen LogP contribution in [0, 0.1) is 0 Å². The number of benzene rings is 1. The van der Waals surface area contributed by atoms with Crippen molar-refractivity contribution >= 4 is 29.3 Å². The first kappa shape index (κ1) is 18.9. The van der Waals surface area contributed by atoms with Crippen LogP contribution in [0.25, 0.3) is 0 Å². The van der Waals surface area contributed by atoms with Gasteiger partial charge < -0.3 is 10.4 Å². The van der Waals surface area contributed by atoms with Gasteiger partial charge in [0.25, 0.3) is 5.91 Å². The molecule has 0 unspecified atom stereocenters. The van der Waals surface area contributed by atoms with Gasteiger partial charge in [-0.2, -0.15) is 11.8 Å². The van der Waals surface area contributed by atoms with Crippen molar-refractivity contribution in [3.05, 3.63) is 53.6 Å². The first-order chi connectivity index (χ1) is 12.0. The number of aromatic nitrogens is 2. The van der Waals surface area contributed by atoms with Crippen LogP contribution in [-0.4, -0.2) is 32.7 Å². The molecular weight excluding hydrogens is 338 g/mol. The number of rotatable bonds is 8. The highest BCUT2D eigenvalue weighted by molar-refractivity contribution is 7.98. The summed E-state index contributed by atoms with van der Waals surface area (Å²) >= 11 is 1.55. The predicted molar refractivity (Wildman–Crippen MR) is 98.9 cm³/mol. The topological polar surface area (TPSA) is 92.2 Å². The number of hydrogen-bond acceptors (Lipinski definition) is 5. The molecule has 1 amide bonds. The Kier molecular flexibility index (Phi) is 6.94. The predicted octanol–water partition coefficient (Wildman–Crippen LogP) is 3.56. The lowest BCUT2D eigenvalue weighted by Crippen LogP contribution is -2.16. The van der Waals surface area contributed by atoms with Crippen LogP contribution in [0.15, 0.2) is 36.8 Å². The lowest BCUT2D eigenvalue weighted by Gasteiger charge is -2.11. The minimum atomic E-state index is -0.792. The SMILES string of the molecule is CC(C)c1ncncc1C(=O)Nc1cccc(CSCCC(=O)O)c1. The lowest BCUT2D eigenvalue weighted by atomic mass is 10.0. The molecule has 0 aliphatic rings. The van der Waals surface area contributed by atoms with Crippen LogP contribution in [-0.2, 0) is 10.5 Å². The van der Waals surface area contributed by atoms with E-state index >= 15 is 0 Å². The molecule has 1 heterocycles. The van der Waals surface area contributed by atoms with Crippen molar-refractivity contribution in [3.63, 3.8) is 0 Å². The average molecular weight is 359 g/mol. The fraction of sp³-hybridized carbons (Fsp3) is 0.333. The van der Waals surface area contributed by atoms with E-state index in [1.165, 1.54) is 12.5 Å². The Morgan fingerprint density at radius 1 is 1.32 bits per heavy atom. The summed E-state index contributed by atoms with van der Waals surface area (Å²) in [6, 6.07) is 7.54. The summed E-state index contributed by atoms with van der Waals surface area (Å²) in [5, 5.41) is 11.5. The van der Waals surface area contributed by atoms with Gasteiger partial charge in [0.05, 0.1) is 17.7 Å². The molecule has 0 spiro atoms. The standard InChI is InChI=1S/C18H21N3O3S/c1-12(2)17-15(9-19-11-20-17)18(24)21-14-5-3-4-13(8-14)10-25-7-6-16(22)23/h3-5,8-9,11-12H,6-7,10H2,1-2H3,(H,21,24)(H,22,23). The molecule has 2 rings (SSSR count). The first-order valence-electron chi connectivity index (χ1n) is 7.97. The van der Waals surface area contributed by atoms with E-state index < -0.39 is 5.97 Å². The minimum absolute atomic E-state index is 0.126. The second-order valence-electron chi connectivity index (χ2n) is 5.83. The van der Waals surface area contributed by atoms with Crippen molar-refractivity contribution in [2.45, 2.75) is 31.9 Å². The molecule has 7 heteroatoms. The van der Waals surface area contributed by atoms with Gasteiger partial charge in [0.2, 0.25) is 0 Å². The third-order valence-electron chi connectivity index (χ3n) is 3.45. The van der Waals surface area contributed by atoms with E-state index in [0.29, 0.717) is 28.5 Å². The summed E-state index contributed by atoms with van der Waals surface area (Å²) in [5.41, 5.74) is 2.91. The van der Waals surface area contributed by atoms with Gasteiger partial charge in [-0.3, -0.25) is 9.59 Å². The number of anilines is 1. The fourth-order valence-electron chi connectivity index (χ4n) is 2.26. The molecule has 0 aliphatic carbocycles. The maximum Gasteiger partial charge on any atom is 0.304 e. The van der Waals surface area contributed by atoms with Crippen molar-refractivity contribution < 1.29 is 14.7 Å². The Morgan fingerprint density at radius 2 is 2.12 bits per heavy atom. The highest BCUT2D eigenvalue weighted by atomic mass is 32.2. The zero-order chi connectivity index (χ0) is 18.2. The number of nitrogens with one attached hydrogen (secondary N) is 1. The van der Waals surface area contributed by atoms with Crippen LogP contribution in [0.5, 0.6) is 0 Å². The number of nitrogens with zero attached hydrogens (tertiary/aromatic N) is 2. The van der Waals surface area contributed by atoms with Crippen LogP contribution in [0.2, 0.25) is 0 Å². The smallest absolute Gasteiger partial charge is 0.304 e. The lowest BCUT2D eigenvalue weighted by molar-refractivity contribution is -0.136. The highest BCUT2D eigenvalue weighted by Crippen LogP contribution is 2.20. The average Bonchev–Trinajstić information content (AvgIpc) is 2.59. The molecule has 2 N–H and O–H groups in total. The fourth-order valence-corrected chi connectivity index (χ4v) is 3.14. The van der Waals surface area contributed by atoms with Crippen molar-refractivity contribution in [1.82, 2.24) is 9.97 Å². The Bertz CT molecular complexity index is 750. The van der Waals surface area contributed by atoms with Crippen LogP contribution in [0.4, 0.5) is 5.69 Å². The number of amides is 1. The molecular formula is C18H21N3O3S. The van der Waals surface area contributed by atoms with E-state index in [-0.39, 0.29) is 18.2 Å². The molecule has 6 nitrogen and oxygen atoms in total. The molecule has 2 aromatic rings. The summed E-state index contributed by atoms with van der Waals surface area (Å²) in [6.45, 7) is 3.96. The Labute approximate surface area is 151 Å². The van der Waals surface area contributed by atoms with Crippen molar-refractivity contribution in [1.29, 1.82) is 0 Å². The van der Waals surface area contributed by atoms with E-state index in [1.807, 2.05) is 38.1 Å². The van der Waals surface area contributed by atoms with Gasteiger partial charge in [0, 0.05) is 23.4 Å². The van der Waals surface area contributed by atoms with Gasteiger partial charge in [0.15, 0.2) is 0 Å². The summed E-state index contributed by atoms with van der Waals surface area (Å²) in [5.74, 6) is 0.355. The number of carbonyl (C=O) groups excluding carboxylic acids is 1. The van der Waals surface area contributed by atoms with Gasteiger partial charge in [-0.1, -0.05) is 26.0 Å². The van der Waals surface area contributed by atoms with E-state index in [9.17, 15) is 9.59 Å². The normalized spacial score (nSPS) is 10.7. The monoisotopic (exact) mass is 359 g/mol. The van der Waals surface area contributed by atoms with Gasteiger partial charge in [0.1, 0.15) is 6.33 Å². The van der Waals surface area contributed by atoms with Crippen LogP contribution >= 0.6 is 11.8 Å². The van der Waals surface area contributed by atoms with E-state index in [4.69, 9.17) is 5.11 Å². The van der Waals surface area contributed by atoms with Crippen molar-refractivity contribution in [3.8, 4) is 0 Å². The van der Waals surface area contributed by atoms with Crippen LogP contribution < -0.4 is 5.32 Å². The molecule has 1 aromatic carbocycles. The Hall–Kier alpha value is -2.41. The second-order valence-corrected chi connectivity index (χ2v) is 6.93. The second kappa shape index (κ2) is 9.17. The number of carbonyl (C=O) groups is 2. The molecule has 0 radical (unpaired) electrons. The molecule has 0 saturated carbocycles. The van der Waals surface area contributed by atoms with Crippen LogP contribution in [0.3, 0.4) is 0 Å². The molecule has 0 bridgehead atoms. The molecule has 0 atom stereocenters. The van der Waals surface area contributed by atoms with E-state index in [0.717, 1.165) is 5.56 Å². The molecule has 25 heavy (non-hydrogen) atoms. The zero-order valence-electron chi connectivity index (χ0n) is 14.2. The number of hydrogen-bond donors (Lipinski definition) is 2. The van der Waals surface area contributed by atoms with E-state index in [2.05, 4.69) is 15.3 Å². The van der Waals surface area contributed by atoms with Crippen molar-refractivity contribution in [2.24, 2.45) is 0 Å². The van der Waals surface area contributed by atoms with Crippen molar-refractivity contribution in [2.75, 3.05) is 11.1 Å². The van der Waals surface area contributed by atoms with Gasteiger partial charge in [-0.15, -0.1) is 0 Å². The molecule has 132 valence electrons. The molecule has 1 aromatic heterocycles. The summed E-state index contributed by atoms with van der Waals surface area (Å²) < 4.78 is 0. The maximum absolute atomic E-state index is 12.5. The number of carboxylic acids is 1. The van der Waals surface area contributed by atoms with Gasteiger partial charge in [-0.25, -0.2) is 9.97 Å². The third kappa shape index (κ3) is 5.86. The minimum Gasteiger partial charge on any atom is -0.481 e. The maximum atomic E-state index is 12.5. The Morgan fingerprint density at radius 3 is 2.84 bits per heavy atom. The quantitative estimate of drug-likeness (QED) is 0.700. The van der Waals surface area contributed by atoms with Gasteiger partial charge in [-0.05, 0) is 23.6 Å². The number of aliphatic carboxylic acids is 1. The highest BCUT2D eigenvalue weighted by Gasteiger charge is 2.15. The first-order valence-corrected chi connectivity index (χ1v) is 9.12. The molecule has 0 saturated heterocycles. The zero-order valence-corrected chi connectivity index (χ0v) is 15.0. The van der Waals surface area contributed by atoms with E-state index in [1.54, 1.807) is 11.8 Å². The molecule has 0 aliphatic heterocycles. The third-order valence-corrected chi connectivity index (χ3v) is 4.48. The summed E-state index contributed by atoms with van der Waals surface area (Å²) in [4.78, 5) is 31.2.